The van der Waals surface area contributed by atoms with Crippen LogP contribution in [-0.2, 0) is 0 Å². The number of halogens is 1. The summed E-state index contributed by atoms with van der Waals surface area (Å²) in [6, 6.07) is 0. The molecule has 2 rings (SSSR count). The molecular formula is C10H16ClN3O. The Kier molecular flexibility index (Phi) is 4.78. The van der Waals surface area contributed by atoms with Gasteiger partial charge in [0.05, 0.1) is 12.4 Å². The van der Waals surface area contributed by atoms with Crippen molar-refractivity contribution in [1.82, 2.24) is 15.3 Å². The van der Waals surface area contributed by atoms with Crippen molar-refractivity contribution >= 4 is 12.4 Å². The third-order valence-electron chi connectivity index (χ3n) is 2.35. The van der Waals surface area contributed by atoms with E-state index >= 15 is 0 Å². The number of rotatable bonds is 2. The minimum Gasteiger partial charge on any atom is -0.487 e. The molecule has 15 heavy (non-hydrogen) atoms. The fraction of sp³-hybridized carbons (Fsp3) is 0.600. The van der Waals surface area contributed by atoms with E-state index in [2.05, 4.69) is 15.3 Å². The maximum absolute atomic E-state index is 5.75. The Morgan fingerprint density at radius 1 is 1.27 bits per heavy atom. The Hall–Kier alpha value is -0.870. The molecule has 1 aromatic heterocycles. The van der Waals surface area contributed by atoms with Crippen LogP contribution in [0.25, 0.3) is 0 Å². The summed E-state index contributed by atoms with van der Waals surface area (Å²) in [5.41, 5.74) is 0. The fourth-order valence-corrected chi connectivity index (χ4v) is 1.55. The summed E-state index contributed by atoms with van der Waals surface area (Å²) < 4.78 is 5.75. The van der Waals surface area contributed by atoms with Gasteiger partial charge in [-0.3, -0.25) is 0 Å². The average molecular weight is 230 g/mol. The van der Waals surface area contributed by atoms with E-state index in [1.165, 1.54) is 0 Å². The molecule has 0 atom stereocenters. The van der Waals surface area contributed by atoms with Gasteiger partial charge >= 0.3 is 0 Å². The van der Waals surface area contributed by atoms with Gasteiger partial charge in [-0.05, 0) is 32.9 Å². The van der Waals surface area contributed by atoms with E-state index in [-0.39, 0.29) is 12.4 Å². The average Bonchev–Trinajstić information content (AvgIpc) is 2.23. The molecule has 1 aliphatic rings. The van der Waals surface area contributed by atoms with Crippen LogP contribution in [0, 0.1) is 6.92 Å². The second-order valence-corrected chi connectivity index (χ2v) is 3.53. The predicted molar refractivity (Wildman–Crippen MR) is 60.5 cm³/mol. The van der Waals surface area contributed by atoms with E-state index in [0.717, 1.165) is 37.5 Å². The molecule has 5 heteroatoms. The molecule has 0 bridgehead atoms. The molecule has 0 spiro atoms. The summed E-state index contributed by atoms with van der Waals surface area (Å²) in [6.07, 6.45) is 5.93. The highest BCUT2D eigenvalue weighted by Gasteiger charge is 2.14. The number of hydrogen-bond acceptors (Lipinski definition) is 4. The number of hydrogen-bond donors (Lipinski definition) is 1. The summed E-state index contributed by atoms with van der Waals surface area (Å²) >= 11 is 0. The van der Waals surface area contributed by atoms with E-state index in [1.54, 1.807) is 12.4 Å². The minimum absolute atomic E-state index is 0. The Morgan fingerprint density at radius 3 is 2.47 bits per heavy atom. The molecule has 1 fully saturated rings. The minimum atomic E-state index is 0. The number of ether oxygens (including phenoxy) is 1. The molecule has 0 amide bonds. The van der Waals surface area contributed by atoms with Gasteiger partial charge in [0.1, 0.15) is 11.9 Å². The number of nitrogens with zero attached hydrogens (tertiary/aromatic N) is 2. The first kappa shape index (κ1) is 12.2. The fourth-order valence-electron chi connectivity index (χ4n) is 1.55. The summed E-state index contributed by atoms with van der Waals surface area (Å²) in [5, 5.41) is 3.30. The summed E-state index contributed by atoms with van der Waals surface area (Å²) in [4.78, 5) is 8.19. The lowest BCUT2D eigenvalue weighted by Gasteiger charge is -2.23. The molecule has 84 valence electrons. The molecule has 0 aliphatic carbocycles. The second-order valence-electron chi connectivity index (χ2n) is 3.53. The molecule has 0 aromatic carbocycles. The quantitative estimate of drug-likeness (QED) is 0.832. The highest BCUT2D eigenvalue weighted by Crippen LogP contribution is 2.13. The number of aryl methyl sites for hydroxylation is 1. The third-order valence-corrected chi connectivity index (χ3v) is 2.35. The molecule has 0 saturated carbocycles. The molecule has 0 unspecified atom stereocenters. The molecule has 4 nitrogen and oxygen atoms in total. The van der Waals surface area contributed by atoms with E-state index in [9.17, 15) is 0 Å². The SMILES string of the molecule is Cc1ncc(OC2CCNCC2)cn1.Cl. The molecule has 1 N–H and O–H groups in total. The highest BCUT2D eigenvalue weighted by atomic mass is 35.5. The van der Waals surface area contributed by atoms with Gasteiger partial charge in [0.25, 0.3) is 0 Å². The maximum Gasteiger partial charge on any atom is 0.156 e. The molecule has 2 heterocycles. The zero-order chi connectivity index (χ0) is 9.80. The van der Waals surface area contributed by atoms with Crippen molar-refractivity contribution in [3.63, 3.8) is 0 Å². The highest BCUT2D eigenvalue weighted by molar-refractivity contribution is 5.85. The summed E-state index contributed by atoms with van der Waals surface area (Å²) in [6.45, 7) is 3.95. The lowest BCUT2D eigenvalue weighted by atomic mass is 10.1. The van der Waals surface area contributed by atoms with Gasteiger partial charge < -0.3 is 10.1 Å². The van der Waals surface area contributed by atoms with Crippen LogP contribution >= 0.6 is 12.4 Å². The Balaban J connectivity index is 0.00000112. The van der Waals surface area contributed by atoms with Crippen LogP contribution < -0.4 is 10.1 Å². The van der Waals surface area contributed by atoms with Crippen molar-refractivity contribution in [1.29, 1.82) is 0 Å². The van der Waals surface area contributed by atoms with Crippen molar-refractivity contribution in [2.45, 2.75) is 25.9 Å². The van der Waals surface area contributed by atoms with E-state index < -0.39 is 0 Å². The van der Waals surface area contributed by atoms with Crippen LogP contribution in [0.15, 0.2) is 12.4 Å². The first-order chi connectivity index (χ1) is 6.84. The second kappa shape index (κ2) is 5.88. The zero-order valence-corrected chi connectivity index (χ0v) is 9.59. The normalized spacial score (nSPS) is 16.9. The summed E-state index contributed by atoms with van der Waals surface area (Å²) in [7, 11) is 0. The first-order valence-electron chi connectivity index (χ1n) is 5.00. The Morgan fingerprint density at radius 2 is 1.87 bits per heavy atom. The monoisotopic (exact) mass is 229 g/mol. The topological polar surface area (TPSA) is 47.0 Å². The van der Waals surface area contributed by atoms with Gasteiger partial charge in [0.2, 0.25) is 0 Å². The molecular weight excluding hydrogens is 214 g/mol. The molecule has 1 aromatic rings. The first-order valence-corrected chi connectivity index (χ1v) is 5.00. The van der Waals surface area contributed by atoms with Crippen LogP contribution in [0.3, 0.4) is 0 Å². The van der Waals surface area contributed by atoms with Crippen LogP contribution in [0.1, 0.15) is 18.7 Å². The van der Waals surface area contributed by atoms with Gasteiger partial charge in [-0.2, -0.15) is 0 Å². The lowest BCUT2D eigenvalue weighted by Crippen LogP contribution is -2.34. The number of piperidine rings is 1. The van der Waals surface area contributed by atoms with E-state index in [0.29, 0.717) is 6.10 Å². The van der Waals surface area contributed by atoms with E-state index in [1.807, 2.05) is 6.92 Å². The zero-order valence-electron chi connectivity index (χ0n) is 8.77. The van der Waals surface area contributed by atoms with Crippen molar-refractivity contribution in [3.8, 4) is 5.75 Å². The van der Waals surface area contributed by atoms with Gasteiger partial charge in [-0.25, -0.2) is 9.97 Å². The number of nitrogens with one attached hydrogen (secondary N) is 1. The maximum atomic E-state index is 5.75. The van der Waals surface area contributed by atoms with Gasteiger partial charge in [0, 0.05) is 0 Å². The molecule has 0 radical (unpaired) electrons. The van der Waals surface area contributed by atoms with Crippen LogP contribution in [0.2, 0.25) is 0 Å². The van der Waals surface area contributed by atoms with Crippen LogP contribution in [-0.4, -0.2) is 29.2 Å². The number of aromatic nitrogens is 2. The van der Waals surface area contributed by atoms with E-state index in [4.69, 9.17) is 4.74 Å². The smallest absolute Gasteiger partial charge is 0.156 e. The van der Waals surface area contributed by atoms with Crippen molar-refractivity contribution < 1.29 is 4.74 Å². The third kappa shape index (κ3) is 3.64. The van der Waals surface area contributed by atoms with Gasteiger partial charge in [0.15, 0.2) is 5.75 Å². The lowest BCUT2D eigenvalue weighted by molar-refractivity contribution is 0.161. The van der Waals surface area contributed by atoms with Gasteiger partial charge in [-0.1, -0.05) is 0 Å². The van der Waals surface area contributed by atoms with Crippen molar-refractivity contribution in [2.24, 2.45) is 0 Å². The molecule has 1 aliphatic heterocycles. The molecule has 1 saturated heterocycles. The van der Waals surface area contributed by atoms with Crippen molar-refractivity contribution in [3.05, 3.63) is 18.2 Å². The Bertz CT molecular complexity index is 285. The summed E-state index contributed by atoms with van der Waals surface area (Å²) in [5.74, 6) is 1.56. The van der Waals surface area contributed by atoms with Crippen LogP contribution in [0.5, 0.6) is 5.75 Å². The van der Waals surface area contributed by atoms with Crippen LogP contribution in [0.4, 0.5) is 0 Å². The predicted octanol–water partition coefficient (Wildman–Crippen LogP) is 1.34. The van der Waals surface area contributed by atoms with Gasteiger partial charge in [-0.15, -0.1) is 12.4 Å². The Labute approximate surface area is 95.9 Å². The standard InChI is InChI=1S/C10H15N3O.ClH/c1-8-12-6-10(7-13-8)14-9-2-4-11-5-3-9;/h6-7,9,11H,2-5H2,1H3;1H. The largest absolute Gasteiger partial charge is 0.487 e. The van der Waals surface area contributed by atoms with Crippen molar-refractivity contribution in [2.75, 3.05) is 13.1 Å².